The summed E-state index contributed by atoms with van der Waals surface area (Å²) in [4.78, 5) is 26.4. The summed E-state index contributed by atoms with van der Waals surface area (Å²) in [5.74, 6) is -0.211. The zero-order chi connectivity index (χ0) is 20.9. The maximum Gasteiger partial charge on any atom is 0.416 e. The number of hydrogen-bond donors (Lipinski definition) is 0. The Kier molecular flexibility index (Phi) is 10.8. The van der Waals surface area contributed by atoms with E-state index in [1.165, 1.54) is 62.7 Å². The first kappa shape index (κ1) is 23.4. The van der Waals surface area contributed by atoms with Crippen molar-refractivity contribution in [3.8, 4) is 0 Å². The number of rotatable bonds is 14. The molecule has 1 fully saturated rings. The molecule has 2 amide bonds. The van der Waals surface area contributed by atoms with Gasteiger partial charge in [0.25, 0.3) is 0 Å². The molecule has 1 heterocycles. The molecular weight excluding hydrogens is 362 g/mol. The van der Waals surface area contributed by atoms with Gasteiger partial charge in [-0.1, -0.05) is 108 Å². The molecule has 29 heavy (non-hydrogen) atoms. The minimum atomic E-state index is -0.481. The highest BCUT2D eigenvalue weighted by Gasteiger charge is 2.39. The van der Waals surface area contributed by atoms with E-state index < -0.39 is 6.09 Å². The van der Waals surface area contributed by atoms with Crippen molar-refractivity contribution in [2.75, 3.05) is 6.61 Å². The summed E-state index contributed by atoms with van der Waals surface area (Å²) < 4.78 is 5.19. The average Bonchev–Trinajstić information content (AvgIpc) is 3.09. The second-order valence-corrected chi connectivity index (χ2v) is 8.50. The number of carbonyl (C=O) groups excluding carboxylic acids is 2. The molecule has 2 atom stereocenters. The van der Waals surface area contributed by atoms with E-state index in [0.717, 1.165) is 18.4 Å². The first-order valence-corrected chi connectivity index (χ1v) is 11.7. The van der Waals surface area contributed by atoms with Gasteiger partial charge in [0.15, 0.2) is 0 Å². The van der Waals surface area contributed by atoms with Gasteiger partial charge < -0.3 is 4.74 Å². The lowest BCUT2D eigenvalue weighted by Crippen LogP contribution is -2.43. The monoisotopic (exact) mass is 401 g/mol. The molecule has 0 saturated carbocycles. The molecule has 4 nitrogen and oxygen atoms in total. The third-order valence-corrected chi connectivity index (χ3v) is 5.92. The summed E-state index contributed by atoms with van der Waals surface area (Å²) in [6.45, 7) is 4.49. The number of nitrogens with zero attached hydrogens (tertiary/aromatic N) is 1. The first-order chi connectivity index (χ1) is 14.1. The number of unbranched alkanes of at least 4 members (excludes halogenated alkanes) is 9. The van der Waals surface area contributed by atoms with Crippen molar-refractivity contribution in [2.24, 2.45) is 5.92 Å². The fraction of sp³-hybridized carbons (Fsp3) is 0.680. The maximum atomic E-state index is 12.9. The summed E-state index contributed by atoms with van der Waals surface area (Å²) in [6.07, 6.45) is 13.9. The van der Waals surface area contributed by atoms with Crippen LogP contribution >= 0.6 is 0 Å². The van der Waals surface area contributed by atoms with Gasteiger partial charge in [0, 0.05) is 5.92 Å². The van der Waals surface area contributed by atoms with Gasteiger partial charge in [-0.05, 0) is 18.4 Å². The summed E-state index contributed by atoms with van der Waals surface area (Å²) in [5.41, 5.74) is 1.12. The second-order valence-electron chi connectivity index (χ2n) is 8.50. The van der Waals surface area contributed by atoms with Crippen LogP contribution in [-0.4, -0.2) is 29.5 Å². The average molecular weight is 402 g/mol. The molecule has 2 rings (SSSR count). The summed E-state index contributed by atoms with van der Waals surface area (Å²) in [7, 11) is 0. The Morgan fingerprint density at radius 1 is 1.00 bits per heavy atom. The topological polar surface area (TPSA) is 46.6 Å². The normalized spacial score (nSPS) is 17.4. The number of cyclic esters (lactones) is 1. The van der Waals surface area contributed by atoms with Crippen LogP contribution < -0.4 is 0 Å². The van der Waals surface area contributed by atoms with Crippen LogP contribution in [0, 0.1) is 5.92 Å². The third kappa shape index (κ3) is 8.20. The van der Waals surface area contributed by atoms with Gasteiger partial charge in [-0.15, -0.1) is 0 Å². The van der Waals surface area contributed by atoms with E-state index in [0.29, 0.717) is 13.0 Å². The van der Waals surface area contributed by atoms with Crippen LogP contribution in [0.1, 0.15) is 90.0 Å². The minimum absolute atomic E-state index is 0.0793. The number of benzene rings is 1. The molecule has 1 aliphatic heterocycles. The van der Waals surface area contributed by atoms with Crippen LogP contribution in [0.2, 0.25) is 0 Å². The standard InChI is InChI=1S/C25H39NO3/c1-3-4-5-6-7-8-9-10-11-13-16-21(2)24(27)26-23(20-29-25(26)28)19-22-17-14-12-15-18-22/h12,14-15,17-18,21,23H,3-11,13,16,19-20H2,1-2H3. The van der Waals surface area contributed by atoms with E-state index in [-0.39, 0.29) is 17.9 Å². The molecule has 4 heteroatoms. The fourth-order valence-corrected chi connectivity index (χ4v) is 4.07. The molecule has 1 aromatic carbocycles. The largest absolute Gasteiger partial charge is 0.447 e. The molecule has 0 aromatic heterocycles. The predicted octanol–water partition coefficient (Wildman–Crippen LogP) is 6.52. The highest BCUT2D eigenvalue weighted by molar-refractivity contribution is 5.94. The van der Waals surface area contributed by atoms with Crippen LogP contribution in [0.4, 0.5) is 4.79 Å². The smallest absolute Gasteiger partial charge is 0.416 e. The van der Waals surface area contributed by atoms with Crippen molar-refractivity contribution in [3.63, 3.8) is 0 Å². The van der Waals surface area contributed by atoms with E-state index in [4.69, 9.17) is 4.74 Å². The predicted molar refractivity (Wildman–Crippen MR) is 118 cm³/mol. The zero-order valence-corrected chi connectivity index (χ0v) is 18.4. The molecule has 1 aromatic rings. The molecular formula is C25H39NO3. The van der Waals surface area contributed by atoms with Gasteiger partial charge in [0.1, 0.15) is 6.61 Å². The van der Waals surface area contributed by atoms with Crippen molar-refractivity contribution in [3.05, 3.63) is 35.9 Å². The van der Waals surface area contributed by atoms with E-state index in [2.05, 4.69) is 6.92 Å². The van der Waals surface area contributed by atoms with Gasteiger partial charge >= 0.3 is 6.09 Å². The van der Waals surface area contributed by atoms with E-state index in [9.17, 15) is 9.59 Å². The Morgan fingerprint density at radius 2 is 1.59 bits per heavy atom. The Balaban J connectivity index is 1.65. The van der Waals surface area contributed by atoms with Gasteiger partial charge in [-0.25, -0.2) is 9.69 Å². The third-order valence-electron chi connectivity index (χ3n) is 5.92. The maximum absolute atomic E-state index is 12.9. The highest BCUT2D eigenvalue weighted by atomic mass is 16.6. The van der Waals surface area contributed by atoms with Crippen LogP contribution in [0.5, 0.6) is 0 Å². The lowest BCUT2D eigenvalue weighted by atomic mass is 9.99. The van der Waals surface area contributed by atoms with Crippen LogP contribution in [-0.2, 0) is 16.0 Å². The molecule has 162 valence electrons. The molecule has 1 aliphatic rings. The molecule has 0 spiro atoms. The van der Waals surface area contributed by atoms with Crippen molar-refractivity contribution in [2.45, 2.75) is 96.9 Å². The second kappa shape index (κ2) is 13.4. The molecule has 2 unspecified atom stereocenters. The Labute approximate surface area is 177 Å². The molecule has 0 radical (unpaired) electrons. The van der Waals surface area contributed by atoms with Crippen LogP contribution in [0.15, 0.2) is 30.3 Å². The van der Waals surface area contributed by atoms with Crippen molar-refractivity contribution >= 4 is 12.0 Å². The van der Waals surface area contributed by atoms with E-state index in [1.807, 2.05) is 37.3 Å². The first-order valence-electron chi connectivity index (χ1n) is 11.7. The molecule has 1 saturated heterocycles. The quantitative estimate of drug-likeness (QED) is 0.333. The van der Waals surface area contributed by atoms with E-state index in [1.54, 1.807) is 0 Å². The Hall–Kier alpha value is -1.84. The van der Waals surface area contributed by atoms with Gasteiger partial charge in [-0.3, -0.25) is 4.79 Å². The number of hydrogen-bond acceptors (Lipinski definition) is 3. The Bertz CT molecular complexity index is 601. The fourth-order valence-electron chi connectivity index (χ4n) is 4.07. The van der Waals surface area contributed by atoms with Gasteiger partial charge in [-0.2, -0.15) is 0 Å². The number of imide groups is 1. The summed E-state index contributed by atoms with van der Waals surface area (Å²) in [5, 5.41) is 0. The number of amides is 2. The number of carbonyl (C=O) groups is 2. The van der Waals surface area contributed by atoms with Gasteiger partial charge in [0.2, 0.25) is 5.91 Å². The highest BCUT2D eigenvalue weighted by Crippen LogP contribution is 2.22. The van der Waals surface area contributed by atoms with Crippen molar-refractivity contribution < 1.29 is 14.3 Å². The number of ether oxygens (including phenoxy) is 1. The SMILES string of the molecule is CCCCCCCCCCCCC(C)C(=O)N1C(=O)OCC1Cc1ccccc1. The lowest BCUT2D eigenvalue weighted by Gasteiger charge is -2.23. The van der Waals surface area contributed by atoms with E-state index >= 15 is 0 Å². The van der Waals surface area contributed by atoms with Crippen molar-refractivity contribution in [1.29, 1.82) is 0 Å². The Morgan fingerprint density at radius 3 is 2.21 bits per heavy atom. The van der Waals surface area contributed by atoms with Gasteiger partial charge in [0.05, 0.1) is 6.04 Å². The zero-order valence-electron chi connectivity index (χ0n) is 18.4. The minimum Gasteiger partial charge on any atom is -0.447 e. The van der Waals surface area contributed by atoms with Crippen molar-refractivity contribution in [1.82, 2.24) is 4.90 Å². The summed E-state index contributed by atoms with van der Waals surface area (Å²) >= 11 is 0. The molecule has 0 N–H and O–H groups in total. The molecule has 0 bridgehead atoms. The van der Waals surface area contributed by atoms with Crippen LogP contribution in [0.25, 0.3) is 0 Å². The summed E-state index contributed by atoms with van der Waals surface area (Å²) in [6, 6.07) is 9.79. The lowest BCUT2D eigenvalue weighted by molar-refractivity contribution is -0.133. The molecule has 0 aliphatic carbocycles. The van der Waals surface area contributed by atoms with Crippen LogP contribution in [0.3, 0.4) is 0 Å².